The molecule has 2 aromatic carbocycles. The van der Waals surface area contributed by atoms with Crippen LogP contribution < -0.4 is 4.74 Å². The Hall–Kier alpha value is -2.48. The second kappa shape index (κ2) is 12.2. The molecular formula is C31H38F3NO. The Morgan fingerprint density at radius 1 is 0.833 bits per heavy atom. The Bertz CT molecular complexity index is 1010. The molecule has 36 heavy (non-hydrogen) atoms. The van der Waals surface area contributed by atoms with Crippen molar-refractivity contribution in [3.8, 4) is 11.8 Å². The second-order valence-electron chi connectivity index (χ2n) is 11.0. The third kappa shape index (κ3) is 6.84. The maximum atomic E-state index is 14.5. The van der Waals surface area contributed by atoms with E-state index in [4.69, 9.17) is 10.00 Å². The van der Waals surface area contributed by atoms with Gasteiger partial charge in [0.05, 0.1) is 11.1 Å². The normalized spacial score (nSPS) is 24.8. The summed E-state index contributed by atoms with van der Waals surface area (Å²) in [5.74, 6) is 2.25. The van der Waals surface area contributed by atoms with Crippen LogP contribution in [0.4, 0.5) is 13.2 Å². The van der Waals surface area contributed by atoms with Gasteiger partial charge in [-0.15, -0.1) is 0 Å². The number of benzene rings is 2. The highest BCUT2D eigenvalue weighted by Gasteiger charge is 2.35. The lowest BCUT2D eigenvalue weighted by Crippen LogP contribution is -2.22. The summed E-state index contributed by atoms with van der Waals surface area (Å²) >= 11 is 0. The molecule has 0 amide bonds. The van der Waals surface area contributed by atoms with E-state index in [2.05, 4.69) is 6.92 Å². The molecule has 194 valence electrons. The van der Waals surface area contributed by atoms with E-state index in [-0.39, 0.29) is 11.3 Å². The maximum Gasteiger partial charge on any atom is 0.426 e. The number of alkyl halides is 2. The van der Waals surface area contributed by atoms with Gasteiger partial charge in [-0.05, 0) is 85.3 Å². The fourth-order valence-corrected chi connectivity index (χ4v) is 6.27. The van der Waals surface area contributed by atoms with Crippen molar-refractivity contribution in [2.24, 2.45) is 17.8 Å². The summed E-state index contributed by atoms with van der Waals surface area (Å²) in [5.41, 5.74) is 0.279. The largest absolute Gasteiger partial charge is 0.429 e. The lowest BCUT2D eigenvalue weighted by molar-refractivity contribution is -0.185. The first-order valence-corrected chi connectivity index (χ1v) is 13.7. The zero-order valence-electron chi connectivity index (χ0n) is 21.3. The zero-order valence-corrected chi connectivity index (χ0v) is 21.3. The Morgan fingerprint density at radius 3 is 1.92 bits per heavy atom. The molecule has 5 heteroatoms. The smallest absolute Gasteiger partial charge is 0.426 e. The van der Waals surface area contributed by atoms with Crippen molar-refractivity contribution in [1.82, 2.24) is 0 Å². The van der Waals surface area contributed by atoms with Crippen LogP contribution >= 0.6 is 0 Å². The maximum absolute atomic E-state index is 14.5. The molecule has 0 unspecified atom stereocenters. The molecule has 2 nitrogen and oxygen atoms in total. The average Bonchev–Trinajstić information content (AvgIpc) is 2.89. The van der Waals surface area contributed by atoms with E-state index in [1.165, 1.54) is 69.8 Å². The van der Waals surface area contributed by atoms with Crippen LogP contribution in [0.1, 0.15) is 107 Å². The molecule has 0 bridgehead atoms. The van der Waals surface area contributed by atoms with Crippen molar-refractivity contribution in [3.05, 3.63) is 65.0 Å². The summed E-state index contributed by atoms with van der Waals surface area (Å²) in [4.78, 5) is 0. The Kier molecular flexibility index (Phi) is 8.99. The van der Waals surface area contributed by atoms with Gasteiger partial charge in [-0.2, -0.15) is 14.0 Å². The van der Waals surface area contributed by atoms with Gasteiger partial charge in [0.2, 0.25) is 0 Å². The molecule has 0 aromatic heterocycles. The van der Waals surface area contributed by atoms with Gasteiger partial charge in [-0.25, -0.2) is 4.39 Å². The van der Waals surface area contributed by atoms with Crippen molar-refractivity contribution >= 4 is 0 Å². The molecule has 0 spiro atoms. The third-order valence-electron chi connectivity index (χ3n) is 8.52. The van der Waals surface area contributed by atoms with Gasteiger partial charge < -0.3 is 4.74 Å². The predicted molar refractivity (Wildman–Crippen MR) is 136 cm³/mol. The lowest BCUT2D eigenvalue weighted by Gasteiger charge is -2.32. The average molecular weight is 498 g/mol. The van der Waals surface area contributed by atoms with Crippen LogP contribution in [0.2, 0.25) is 0 Å². The summed E-state index contributed by atoms with van der Waals surface area (Å²) in [7, 11) is 0. The van der Waals surface area contributed by atoms with Crippen LogP contribution in [0.25, 0.3) is 0 Å². The molecule has 2 fully saturated rings. The van der Waals surface area contributed by atoms with Crippen LogP contribution in [0.5, 0.6) is 5.75 Å². The van der Waals surface area contributed by atoms with Gasteiger partial charge in [0.15, 0.2) is 0 Å². The highest BCUT2D eigenvalue weighted by Crippen LogP contribution is 2.41. The fraction of sp³-hybridized carbons (Fsp3) is 0.581. The SMILES string of the molecule is CCCC1CCC(CCC2CCC(c3ccc(OC(F)(F)c4ccc(C#N)c(F)c4)cc3)CC2)CC1. The molecule has 2 saturated carbocycles. The van der Waals surface area contributed by atoms with Crippen LogP contribution in [-0.2, 0) is 6.11 Å². The number of halogens is 3. The highest BCUT2D eigenvalue weighted by atomic mass is 19.3. The van der Waals surface area contributed by atoms with Gasteiger partial charge >= 0.3 is 6.11 Å². The molecule has 0 aliphatic heterocycles. The number of hydrogen-bond acceptors (Lipinski definition) is 2. The van der Waals surface area contributed by atoms with Crippen LogP contribution in [0, 0.1) is 34.9 Å². The van der Waals surface area contributed by atoms with E-state index in [1.807, 2.05) is 12.1 Å². The Balaban J connectivity index is 1.23. The van der Waals surface area contributed by atoms with Gasteiger partial charge in [0.1, 0.15) is 17.6 Å². The summed E-state index contributed by atoms with van der Waals surface area (Å²) in [5, 5.41) is 8.79. The summed E-state index contributed by atoms with van der Waals surface area (Å²) in [6, 6.07) is 11.3. The number of rotatable bonds is 9. The number of nitrogens with zero attached hydrogens (tertiary/aromatic N) is 1. The van der Waals surface area contributed by atoms with E-state index >= 15 is 0 Å². The van der Waals surface area contributed by atoms with Crippen LogP contribution in [0.3, 0.4) is 0 Å². The first-order valence-electron chi connectivity index (χ1n) is 13.7. The standard InChI is InChI=1S/C31H38F3NO/c1-2-3-22-4-6-23(7-5-22)8-9-24-10-12-25(13-11-24)26-15-18-29(19-16-26)36-31(33,34)28-17-14-27(21-35)30(32)20-28/h14-20,22-25H,2-13H2,1H3. The van der Waals surface area contributed by atoms with E-state index in [0.717, 1.165) is 42.7 Å². The van der Waals surface area contributed by atoms with E-state index in [1.54, 1.807) is 18.2 Å². The zero-order chi connectivity index (χ0) is 25.5. The molecular weight excluding hydrogens is 459 g/mol. The van der Waals surface area contributed by atoms with Gasteiger partial charge in [-0.1, -0.05) is 70.4 Å². The van der Waals surface area contributed by atoms with Crippen LogP contribution in [0.15, 0.2) is 42.5 Å². The van der Waals surface area contributed by atoms with E-state index in [9.17, 15) is 13.2 Å². The molecule has 2 aromatic rings. The van der Waals surface area contributed by atoms with Gasteiger partial charge in [0.25, 0.3) is 0 Å². The molecule has 0 radical (unpaired) electrons. The van der Waals surface area contributed by atoms with E-state index < -0.39 is 17.5 Å². The van der Waals surface area contributed by atoms with E-state index in [0.29, 0.717) is 12.0 Å². The topological polar surface area (TPSA) is 33.0 Å². The Labute approximate surface area is 213 Å². The van der Waals surface area contributed by atoms with Crippen molar-refractivity contribution in [3.63, 3.8) is 0 Å². The number of hydrogen-bond donors (Lipinski definition) is 0. The lowest BCUT2D eigenvalue weighted by atomic mass is 9.74. The second-order valence-corrected chi connectivity index (χ2v) is 11.0. The molecule has 0 saturated heterocycles. The summed E-state index contributed by atoms with van der Waals surface area (Å²) in [6.45, 7) is 2.30. The minimum Gasteiger partial charge on any atom is -0.429 e. The van der Waals surface area contributed by atoms with Crippen LogP contribution in [-0.4, -0.2) is 0 Å². The minimum absolute atomic E-state index is 0.0378. The highest BCUT2D eigenvalue weighted by molar-refractivity contribution is 5.35. The fourth-order valence-electron chi connectivity index (χ4n) is 6.27. The molecule has 2 aliphatic carbocycles. The van der Waals surface area contributed by atoms with Crippen molar-refractivity contribution in [2.45, 2.75) is 96.0 Å². The predicted octanol–water partition coefficient (Wildman–Crippen LogP) is 9.49. The first kappa shape index (κ1) is 26.6. The quantitative estimate of drug-likeness (QED) is 0.346. The molecule has 0 atom stereocenters. The molecule has 4 rings (SSSR count). The summed E-state index contributed by atoms with van der Waals surface area (Å²) < 4.78 is 47.8. The van der Waals surface area contributed by atoms with Gasteiger partial charge in [-0.3, -0.25) is 0 Å². The van der Waals surface area contributed by atoms with Gasteiger partial charge in [0, 0.05) is 0 Å². The number of ether oxygens (including phenoxy) is 1. The number of nitriles is 1. The van der Waals surface area contributed by atoms with Crippen molar-refractivity contribution in [1.29, 1.82) is 5.26 Å². The summed E-state index contributed by atoms with van der Waals surface area (Å²) in [6.07, 6.45) is 12.3. The third-order valence-corrected chi connectivity index (χ3v) is 8.52. The van der Waals surface area contributed by atoms with Crippen molar-refractivity contribution in [2.75, 3.05) is 0 Å². The first-order chi connectivity index (χ1) is 17.4. The molecule has 2 aliphatic rings. The molecule has 0 N–H and O–H groups in total. The monoisotopic (exact) mass is 497 g/mol. The molecule has 0 heterocycles. The Morgan fingerprint density at radius 2 is 1.39 bits per heavy atom. The van der Waals surface area contributed by atoms with Crippen molar-refractivity contribution < 1.29 is 17.9 Å². The minimum atomic E-state index is -3.69.